The molecule has 0 bridgehead atoms. The number of aromatic hydroxyl groups is 1. The first kappa shape index (κ1) is 15.5. The molecule has 0 spiro atoms. The Bertz CT molecular complexity index is 723. The normalized spacial score (nSPS) is 18.9. The van der Waals surface area contributed by atoms with E-state index in [1.165, 1.54) is 37.0 Å². The highest BCUT2D eigenvalue weighted by Crippen LogP contribution is 2.39. The lowest BCUT2D eigenvalue weighted by Crippen LogP contribution is -2.34. The van der Waals surface area contributed by atoms with E-state index >= 15 is 0 Å². The summed E-state index contributed by atoms with van der Waals surface area (Å²) in [5.41, 5.74) is 4.24. The van der Waals surface area contributed by atoms with E-state index in [0.717, 1.165) is 42.9 Å². The number of piperidine rings is 1. The Balaban J connectivity index is 1.78. The number of likely N-dealkylation sites (tertiary alicyclic amines) is 1. The molecule has 1 atom stereocenters. The summed E-state index contributed by atoms with van der Waals surface area (Å²) < 4.78 is 13.4. The molecule has 0 aromatic heterocycles. The van der Waals surface area contributed by atoms with Crippen LogP contribution in [0.1, 0.15) is 42.0 Å². The summed E-state index contributed by atoms with van der Waals surface area (Å²) in [5.74, 6) is 0.119. The quantitative estimate of drug-likeness (QED) is 0.835. The molecule has 2 aliphatic heterocycles. The van der Waals surface area contributed by atoms with Crippen LogP contribution >= 0.6 is 0 Å². The predicted octanol–water partition coefficient (Wildman–Crippen LogP) is 4.07. The van der Waals surface area contributed by atoms with E-state index in [4.69, 9.17) is 0 Å². The lowest BCUT2D eigenvalue weighted by atomic mass is 9.93. The van der Waals surface area contributed by atoms with E-state index in [-0.39, 0.29) is 11.9 Å². The third kappa shape index (κ3) is 2.86. The molecule has 1 saturated heterocycles. The zero-order chi connectivity index (χ0) is 16.5. The van der Waals surface area contributed by atoms with Gasteiger partial charge in [-0.25, -0.2) is 4.39 Å². The zero-order valence-corrected chi connectivity index (χ0v) is 13.8. The number of nitrogens with zero attached hydrogens (tertiary/aromatic N) is 1. The highest BCUT2D eigenvalue weighted by atomic mass is 19.1. The van der Waals surface area contributed by atoms with Crippen molar-refractivity contribution < 1.29 is 9.50 Å². The van der Waals surface area contributed by atoms with Crippen molar-refractivity contribution in [2.45, 2.75) is 31.7 Å². The van der Waals surface area contributed by atoms with Gasteiger partial charge in [-0.1, -0.05) is 18.6 Å². The molecule has 2 heterocycles. The van der Waals surface area contributed by atoms with Gasteiger partial charge < -0.3 is 10.4 Å². The molecule has 0 amide bonds. The molecule has 2 N–H and O–H groups in total. The molecular weight excluding hydrogens is 303 g/mol. The van der Waals surface area contributed by atoms with Gasteiger partial charge in [0.05, 0.1) is 6.04 Å². The molecule has 2 aliphatic rings. The van der Waals surface area contributed by atoms with Crippen LogP contribution in [0.2, 0.25) is 0 Å². The minimum absolute atomic E-state index is 0.0291. The molecule has 0 saturated carbocycles. The molecule has 4 heteroatoms. The van der Waals surface area contributed by atoms with E-state index < -0.39 is 0 Å². The van der Waals surface area contributed by atoms with E-state index in [1.807, 2.05) is 18.2 Å². The van der Waals surface area contributed by atoms with Crippen LogP contribution in [-0.4, -0.2) is 29.6 Å². The van der Waals surface area contributed by atoms with Gasteiger partial charge in [0.15, 0.2) is 0 Å². The third-order valence-electron chi connectivity index (χ3n) is 5.20. The lowest BCUT2D eigenvalue weighted by Gasteiger charge is -2.35. The fourth-order valence-corrected chi connectivity index (χ4v) is 3.98. The fraction of sp³-hybridized carbons (Fsp3) is 0.400. The van der Waals surface area contributed by atoms with Crippen molar-refractivity contribution in [2.75, 3.05) is 25.0 Å². The van der Waals surface area contributed by atoms with Crippen LogP contribution in [0.15, 0.2) is 36.4 Å². The molecule has 4 rings (SSSR count). The van der Waals surface area contributed by atoms with Crippen molar-refractivity contribution in [2.24, 2.45) is 0 Å². The summed E-state index contributed by atoms with van der Waals surface area (Å²) in [6, 6.07) is 10.7. The predicted molar refractivity (Wildman–Crippen MR) is 94.0 cm³/mol. The van der Waals surface area contributed by atoms with Crippen molar-refractivity contribution in [1.82, 2.24) is 4.90 Å². The molecule has 2 aromatic rings. The van der Waals surface area contributed by atoms with Crippen LogP contribution in [0.5, 0.6) is 5.75 Å². The van der Waals surface area contributed by atoms with Gasteiger partial charge in [-0.2, -0.15) is 0 Å². The van der Waals surface area contributed by atoms with E-state index in [9.17, 15) is 9.50 Å². The van der Waals surface area contributed by atoms with E-state index in [0.29, 0.717) is 5.75 Å². The van der Waals surface area contributed by atoms with Crippen molar-refractivity contribution in [3.63, 3.8) is 0 Å². The standard InChI is InChI=1S/C20H23FN2O/c21-16-6-4-14(5-7-16)20(23-10-2-1-3-11-23)17-13-18-15(8-9-22-18)12-19(17)24/h4-7,12-13,20,22,24H,1-3,8-11H2. The maximum Gasteiger partial charge on any atom is 0.123 e. The van der Waals surface area contributed by atoms with Crippen molar-refractivity contribution in [3.05, 3.63) is 58.9 Å². The van der Waals surface area contributed by atoms with Gasteiger partial charge in [0.2, 0.25) is 0 Å². The minimum Gasteiger partial charge on any atom is -0.508 e. The van der Waals surface area contributed by atoms with Gasteiger partial charge in [-0.05, 0) is 67.7 Å². The summed E-state index contributed by atoms with van der Waals surface area (Å²) in [7, 11) is 0. The number of nitrogens with one attached hydrogen (secondary N) is 1. The first-order valence-electron chi connectivity index (χ1n) is 8.81. The Labute approximate surface area is 142 Å². The molecular formula is C20H23FN2O. The van der Waals surface area contributed by atoms with Gasteiger partial charge in [-0.15, -0.1) is 0 Å². The fourth-order valence-electron chi connectivity index (χ4n) is 3.98. The molecule has 3 nitrogen and oxygen atoms in total. The second-order valence-corrected chi connectivity index (χ2v) is 6.80. The minimum atomic E-state index is -0.226. The number of rotatable bonds is 3. The molecule has 2 aromatic carbocycles. The monoisotopic (exact) mass is 326 g/mol. The van der Waals surface area contributed by atoms with Crippen LogP contribution in [0.3, 0.4) is 0 Å². The highest BCUT2D eigenvalue weighted by molar-refractivity contribution is 5.62. The van der Waals surface area contributed by atoms with Gasteiger partial charge in [-0.3, -0.25) is 4.90 Å². The van der Waals surface area contributed by atoms with Crippen LogP contribution < -0.4 is 5.32 Å². The summed E-state index contributed by atoms with van der Waals surface area (Å²) >= 11 is 0. The zero-order valence-electron chi connectivity index (χ0n) is 13.8. The Morgan fingerprint density at radius 1 is 1.04 bits per heavy atom. The molecule has 24 heavy (non-hydrogen) atoms. The molecule has 1 fully saturated rings. The highest BCUT2D eigenvalue weighted by Gasteiger charge is 2.28. The van der Waals surface area contributed by atoms with E-state index in [2.05, 4.69) is 16.3 Å². The maximum absolute atomic E-state index is 13.4. The summed E-state index contributed by atoms with van der Waals surface area (Å²) in [5, 5.41) is 14.1. The molecule has 1 unspecified atom stereocenters. The topological polar surface area (TPSA) is 35.5 Å². The second kappa shape index (κ2) is 6.44. The lowest BCUT2D eigenvalue weighted by molar-refractivity contribution is 0.185. The number of benzene rings is 2. The third-order valence-corrected chi connectivity index (χ3v) is 5.20. The summed E-state index contributed by atoms with van der Waals surface area (Å²) in [4.78, 5) is 2.41. The van der Waals surface area contributed by atoms with Crippen molar-refractivity contribution in [3.8, 4) is 5.75 Å². The molecule has 126 valence electrons. The number of hydrogen-bond donors (Lipinski definition) is 2. The first-order chi connectivity index (χ1) is 11.7. The average Bonchev–Trinajstić information content (AvgIpc) is 3.05. The first-order valence-corrected chi connectivity index (χ1v) is 8.81. The molecule has 0 radical (unpaired) electrons. The van der Waals surface area contributed by atoms with Crippen LogP contribution in [0, 0.1) is 5.82 Å². The van der Waals surface area contributed by atoms with Gasteiger partial charge in [0.1, 0.15) is 11.6 Å². The Hall–Kier alpha value is -2.07. The summed E-state index contributed by atoms with van der Waals surface area (Å²) in [6.07, 6.45) is 4.54. The Morgan fingerprint density at radius 2 is 1.79 bits per heavy atom. The van der Waals surface area contributed by atoms with Gasteiger partial charge in [0, 0.05) is 17.8 Å². The summed E-state index contributed by atoms with van der Waals surface area (Å²) in [6.45, 7) is 2.93. The number of phenolic OH excluding ortho intramolecular Hbond substituents is 1. The largest absolute Gasteiger partial charge is 0.508 e. The van der Waals surface area contributed by atoms with Crippen LogP contribution in [0.4, 0.5) is 10.1 Å². The van der Waals surface area contributed by atoms with Crippen molar-refractivity contribution in [1.29, 1.82) is 0 Å². The second-order valence-electron chi connectivity index (χ2n) is 6.80. The number of fused-ring (bicyclic) bond motifs is 1. The SMILES string of the molecule is Oc1cc2c(cc1C(c1ccc(F)cc1)N1CCCCC1)NCC2. The van der Waals surface area contributed by atoms with Crippen molar-refractivity contribution >= 4 is 5.69 Å². The number of hydrogen-bond acceptors (Lipinski definition) is 3. The van der Waals surface area contributed by atoms with E-state index in [1.54, 1.807) is 0 Å². The van der Waals surface area contributed by atoms with Gasteiger partial charge >= 0.3 is 0 Å². The number of anilines is 1. The Morgan fingerprint density at radius 3 is 2.54 bits per heavy atom. The number of phenols is 1. The van der Waals surface area contributed by atoms with Crippen LogP contribution in [-0.2, 0) is 6.42 Å². The van der Waals surface area contributed by atoms with Gasteiger partial charge in [0.25, 0.3) is 0 Å². The Kier molecular flexibility index (Phi) is 4.15. The van der Waals surface area contributed by atoms with Crippen LogP contribution in [0.25, 0.3) is 0 Å². The smallest absolute Gasteiger partial charge is 0.123 e. The molecule has 0 aliphatic carbocycles. The number of halogens is 1. The average molecular weight is 326 g/mol. The maximum atomic E-state index is 13.4.